The zero-order valence-corrected chi connectivity index (χ0v) is 11.5. The Kier molecular flexibility index (Phi) is 4.69. The summed E-state index contributed by atoms with van der Waals surface area (Å²) in [6, 6.07) is 11.2. The lowest BCUT2D eigenvalue weighted by molar-refractivity contribution is 0.386. The fraction of sp³-hybridized carbons (Fsp3) is 0.250. The van der Waals surface area contributed by atoms with Gasteiger partial charge in [-0.2, -0.15) is 0 Å². The van der Waals surface area contributed by atoms with E-state index in [0.717, 1.165) is 11.1 Å². The van der Waals surface area contributed by atoms with Crippen LogP contribution < -0.4 is 10.1 Å². The predicted octanol–water partition coefficient (Wildman–Crippen LogP) is 3.82. The van der Waals surface area contributed by atoms with Gasteiger partial charge in [-0.15, -0.1) is 0 Å². The Labute approximate surface area is 117 Å². The monoisotopic (exact) mass is 277 g/mol. The van der Waals surface area contributed by atoms with Crippen molar-refractivity contribution in [3.63, 3.8) is 0 Å². The van der Waals surface area contributed by atoms with Gasteiger partial charge in [0.05, 0.1) is 7.11 Å². The van der Waals surface area contributed by atoms with Crippen LogP contribution in [0.25, 0.3) is 0 Å². The first-order chi connectivity index (χ1) is 9.60. The molecule has 106 valence electrons. The number of halogens is 2. The number of rotatable bonds is 5. The minimum Gasteiger partial charge on any atom is -0.494 e. The minimum atomic E-state index is -0.384. The zero-order chi connectivity index (χ0) is 14.5. The first-order valence-corrected chi connectivity index (χ1v) is 6.41. The van der Waals surface area contributed by atoms with E-state index in [1.807, 2.05) is 13.0 Å². The Morgan fingerprint density at radius 3 is 2.60 bits per heavy atom. The highest BCUT2D eigenvalue weighted by Crippen LogP contribution is 2.19. The van der Waals surface area contributed by atoms with E-state index in [2.05, 4.69) is 5.32 Å². The van der Waals surface area contributed by atoms with E-state index in [9.17, 15) is 8.78 Å². The molecule has 0 fully saturated rings. The smallest absolute Gasteiger partial charge is 0.165 e. The maximum absolute atomic E-state index is 13.5. The SMILES string of the molecule is COc1ccc(CN[C@H](C)c2cccc(F)c2)cc1F. The molecule has 0 saturated heterocycles. The molecule has 0 bridgehead atoms. The fourth-order valence-electron chi connectivity index (χ4n) is 1.98. The summed E-state index contributed by atoms with van der Waals surface area (Å²) < 4.78 is 31.6. The molecule has 0 heterocycles. The lowest BCUT2D eigenvalue weighted by atomic mass is 10.1. The fourth-order valence-corrected chi connectivity index (χ4v) is 1.98. The Bertz CT molecular complexity index is 586. The molecular formula is C16H17F2NO. The summed E-state index contributed by atoms with van der Waals surface area (Å²) in [6.45, 7) is 2.44. The second kappa shape index (κ2) is 6.48. The van der Waals surface area contributed by atoms with Crippen LogP contribution in [0.5, 0.6) is 5.75 Å². The standard InChI is InChI=1S/C16H17F2NO/c1-11(13-4-3-5-14(17)9-13)19-10-12-6-7-16(20-2)15(18)8-12/h3-9,11,19H,10H2,1-2H3/t11-/m1/s1. The van der Waals surface area contributed by atoms with Crippen molar-refractivity contribution in [1.82, 2.24) is 5.32 Å². The molecule has 0 aromatic heterocycles. The molecule has 0 unspecified atom stereocenters. The molecule has 1 atom stereocenters. The largest absolute Gasteiger partial charge is 0.494 e. The van der Waals surface area contributed by atoms with E-state index in [4.69, 9.17) is 4.74 Å². The van der Waals surface area contributed by atoms with Gasteiger partial charge in [0.1, 0.15) is 5.82 Å². The predicted molar refractivity (Wildman–Crippen MR) is 74.6 cm³/mol. The Balaban J connectivity index is 1.99. The molecule has 0 amide bonds. The molecule has 0 aliphatic heterocycles. The van der Waals surface area contributed by atoms with Gasteiger partial charge in [-0.1, -0.05) is 18.2 Å². The summed E-state index contributed by atoms with van der Waals surface area (Å²) >= 11 is 0. The third-order valence-corrected chi connectivity index (χ3v) is 3.18. The highest BCUT2D eigenvalue weighted by Gasteiger charge is 2.07. The first-order valence-electron chi connectivity index (χ1n) is 6.41. The van der Waals surface area contributed by atoms with Crippen molar-refractivity contribution >= 4 is 0 Å². The second-order valence-corrected chi connectivity index (χ2v) is 4.63. The normalized spacial score (nSPS) is 12.2. The lowest BCUT2D eigenvalue weighted by Crippen LogP contribution is -2.18. The van der Waals surface area contributed by atoms with Crippen LogP contribution in [-0.2, 0) is 6.54 Å². The van der Waals surface area contributed by atoms with Crippen LogP contribution in [0.1, 0.15) is 24.1 Å². The molecule has 1 N–H and O–H groups in total. The van der Waals surface area contributed by atoms with E-state index in [1.54, 1.807) is 18.2 Å². The molecule has 0 spiro atoms. The third kappa shape index (κ3) is 3.54. The number of methoxy groups -OCH3 is 1. The summed E-state index contributed by atoms with van der Waals surface area (Å²) in [5.74, 6) is -0.413. The van der Waals surface area contributed by atoms with Gasteiger partial charge >= 0.3 is 0 Å². The van der Waals surface area contributed by atoms with Crippen LogP contribution in [0.3, 0.4) is 0 Å². The van der Waals surface area contributed by atoms with Crippen LogP contribution in [0, 0.1) is 11.6 Å². The molecule has 2 nitrogen and oxygen atoms in total. The van der Waals surface area contributed by atoms with Gasteiger partial charge in [0.2, 0.25) is 0 Å². The van der Waals surface area contributed by atoms with Gasteiger partial charge in [0.15, 0.2) is 11.6 Å². The Hall–Kier alpha value is -1.94. The van der Waals surface area contributed by atoms with E-state index in [0.29, 0.717) is 6.54 Å². The minimum absolute atomic E-state index is 0.0177. The van der Waals surface area contributed by atoms with Crippen molar-refractivity contribution < 1.29 is 13.5 Å². The van der Waals surface area contributed by atoms with Crippen LogP contribution in [0.2, 0.25) is 0 Å². The molecule has 0 radical (unpaired) electrons. The van der Waals surface area contributed by atoms with Crippen LogP contribution in [0.4, 0.5) is 8.78 Å². The summed E-state index contributed by atoms with van der Waals surface area (Å²) in [5.41, 5.74) is 1.67. The number of ether oxygens (including phenoxy) is 1. The summed E-state index contributed by atoms with van der Waals surface area (Å²) in [6.07, 6.45) is 0. The second-order valence-electron chi connectivity index (χ2n) is 4.63. The maximum Gasteiger partial charge on any atom is 0.165 e. The van der Waals surface area contributed by atoms with E-state index in [-0.39, 0.29) is 23.4 Å². The van der Waals surface area contributed by atoms with E-state index >= 15 is 0 Å². The summed E-state index contributed by atoms with van der Waals surface area (Å²) in [5, 5.41) is 3.23. The van der Waals surface area contributed by atoms with Gasteiger partial charge in [-0.3, -0.25) is 0 Å². The zero-order valence-electron chi connectivity index (χ0n) is 11.5. The molecule has 2 rings (SSSR count). The van der Waals surface area contributed by atoms with Crippen molar-refractivity contribution in [2.45, 2.75) is 19.5 Å². The first kappa shape index (κ1) is 14.5. The maximum atomic E-state index is 13.5. The van der Waals surface area contributed by atoms with Crippen molar-refractivity contribution in [1.29, 1.82) is 0 Å². The molecular weight excluding hydrogens is 260 g/mol. The topological polar surface area (TPSA) is 21.3 Å². The summed E-state index contributed by atoms with van der Waals surface area (Å²) in [4.78, 5) is 0. The van der Waals surface area contributed by atoms with Gasteiger partial charge in [0, 0.05) is 12.6 Å². The van der Waals surface area contributed by atoms with Crippen LogP contribution >= 0.6 is 0 Å². The Morgan fingerprint density at radius 1 is 1.15 bits per heavy atom. The molecule has 0 saturated carbocycles. The molecule has 0 aliphatic rings. The van der Waals surface area contributed by atoms with E-state index in [1.165, 1.54) is 25.3 Å². The van der Waals surface area contributed by atoms with Gasteiger partial charge < -0.3 is 10.1 Å². The van der Waals surface area contributed by atoms with E-state index < -0.39 is 0 Å². The average Bonchev–Trinajstić information content (AvgIpc) is 2.45. The summed E-state index contributed by atoms with van der Waals surface area (Å²) in [7, 11) is 1.43. The number of benzene rings is 2. The number of hydrogen-bond donors (Lipinski definition) is 1. The molecule has 0 aliphatic carbocycles. The van der Waals surface area contributed by atoms with Crippen molar-refractivity contribution in [3.8, 4) is 5.75 Å². The van der Waals surface area contributed by atoms with Crippen molar-refractivity contribution in [3.05, 3.63) is 65.2 Å². The molecule has 20 heavy (non-hydrogen) atoms. The molecule has 2 aromatic rings. The number of nitrogens with one attached hydrogen (secondary N) is 1. The highest BCUT2D eigenvalue weighted by molar-refractivity contribution is 5.29. The lowest BCUT2D eigenvalue weighted by Gasteiger charge is -2.14. The Morgan fingerprint density at radius 2 is 1.95 bits per heavy atom. The third-order valence-electron chi connectivity index (χ3n) is 3.18. The number of hydrogen-bond acceptors (Lipinski definition) is 2. The van der Waals surface area contributed by atoms with Gasteiger partial charge in [-0.05, 0) is 42.3 Å². The van der Waals surface area contributed by atoms with Gasteiger partial charge in [-0.25, -0.2) is 8.78 Å². The van der Waals surface area contributed by atoms with Gasteiger partial charge in [0.25, 0.3) is 0 Å². The van der Waals surface area contributed by atoms with Crippen LogP contribution in [0.15, 0.2) is 42.5 Å². The average molecular weight is 277 g/mol. The van der Waals surface area contributed by atoms with Crippen molar-refractivity contribution in [2.75, 3.05) is 7.11 Å². The van der Waals surface area contributed by atoms with Crippen molar-refractivity contribution in [2.24, 2.45) is 0 Å². The molecule has 4 heteroatoms. The van der Waals surface area contributed by atoms with Crippen LogP contribution in [-0.4, -0.2) is 7.11 Å². The quantitative estimate of drug-likeness (QED) is 0.897. The molecule has 2 aromatic carbocycles. The highest BCUT2D eigenvalue weighted by atomic mass is 19.1.